The number of benzene rings is 3. The minimum atomic E-state index is -0.446. The van der Waals surface area contributed by atoms with E-state index in [4.69, 9.17) is 0 Å². The van der Waals surface area contributed by atoms with Gasteiger partial charge < -0.3 is 14.7 Å². The molecule has 3 heterocycles. The van der Waals surface area contributed by atoms with E-state index in [1.54, 1.807) is 0 Å². The van der Waals surface area contributed by atoms with Gasteiger partial charge in [-0.3, -0.25) is 9.59 Å². The zero-order valence-corrected chi connectivity index (χ0v) is 24.3. The Bertz CT molecular complexity index is 1250. The monoisotopic (exact) mass is 631 g/mol. The summed E-state index contributed by atoms with van der Waals surface area (Å²) >= 11 is 0. The van der Waals surface area contributed by atoms with Crippen molar-refractivity contribution in [1.29, 1.82) is 0 Å². The van der Waals surface area contributed by atoms with Crippen LogP contribution in [0.3, 0.4) is 0 Å². The van der Waals surface area contributed by atoms with Gasteiger partial charge in [-0.2, -0.15) is 0 Å². The second-order valence-corrected chi connectivity index (χ2v) is 11.4. The summed E-state index contributed by atoms with van der Waals surface area (Å²) in [6, 6.07) is 32.3. The first kappa shape index (κ1) is 28.2. The third kappa shape index (κ3) is 6.26. The number of carbonyl (C=O) groups is 2. The molecule has 0 spiro atoms. The molecule has 1 aliphatic carbocycles. The fourth-order valence-corrected chi connectivity index (χ4v) is 6.76. The minimum absolute atomic E-state index is 0. The average molecular weight is 631 g/mol. The summed E-state index contributed by atoms with van der Waals surface area (Å²) in [7, 11) is -0.446. The Balaban J connectivity index is 0.000000169. The number of ketones is 2. The van der Waals surface area contributed by atoms with E-state index >= 15 is 0 Å². The van der Waals surface area contributed by atoms with E-state index in [9.17, 15) is 9.59 Å². The molecule has 3 aromatic carbocycles. The maximum absolute atomic E-state index is 12.4. The van der Waals surface area contributed by atoms with Crippen molar-refractivity contribution >= 4 is 47.8 Å². The van der Waals surface area contributed by atoms with Gasteiger partial charge in [0.25, 0.3) is 0 Å². The van der Waals surface area contributed by atoms with E-state index in [1.165, 1.54) is 22.0 Å². The van der Waals surface area contributed by atoms with Crippen molar-refractivity contribution in [2.45, 2.75) is 0 Å². The zero-order chi connectivity index (χ0) is 24.5. The number of halogens is 1. The van der Waals surface area contributed by atoms with Crippen LogP contribution in [0.5, 0.6) is 0 Å². The molecule has 196 valence electrons. The molecule has 8 heteroatoms. The molecule has 4 aliphatic rings. The van der Waals surface area contributed by atoms with Crippen molar-refractivity contribution in [1.82, 2.24) is 14.7 Å². The third-order valence-electron chi connectivity index (χ3n) is 6.53. The summed E-state index contributed by atoms with van der Waals surface area (Å²) in [5.41, 5.74) is 1.89. The second kappa shape index (κ2) is 12.4. The number of hydrogen-bond acceptors (Lipinski definition) is 5. The maximum atomic E-state index is 12.4. The maximum Gasteiger partial charge on any atom is 0.227 e. The second-order valence-electron chi connectivity index (χ2n) is 9.22. The van der Waals surface area contributed by atoms with Gasteiger partial charge >= 0.3 is 0 Å². The molecule has 3 aromatic rings. The van der Waals surface area contributed by atoms with Gasteiger partial charge in [-0.05, 0) is 23.8 Å². The largest absolute Gasteiger partial charge is 0.365 e. The standard InChI is InChI=1S/C18H15P.C12H13N3O2.ClH.Ru/c1-4-10-16(11-5-1)19(17-12-6-2-7-13-17)18-14-8-3-9-15-18;16-9-7-8(13-1-2-13)12(17)11(15-5-6-15)10(9)14-3-4-14;;/h1-15H;7H,1-6H2;1H;. The number of hydrogen-bond donors (Lipinski definition) is 0. The van der Waals surface area contributed by atoms with Crippen molar-refractivity contribution in [3.8, 4) is 0 Å². The molecule has 0 saturated carbocycles. The van der Waals surface area contributed by atoms with Crippen LogP contribution in [0.4, 0.5) is 0 Å². The van der Waals surface area contributed by atoms with E-state index in [2.05, 4.69) is 91.0 Å². The van der Waals surface area contributed by atoms with Gasteiger partial charge in [-0.25, -0.2) is 0 Å². The first-order valence-electron chi connectivity index (χ1n) is 12.5. The predicted molar refractivity (Wildman–Crippen MR) is 152 cm³/mol. The molecule has 3 fully saturated rings. The molecule has 0 N–H and O–H groups in total. The van der Waals surface area contributed by atoms with Gasteiger partial charge in [0.05, 0.1) is 5.70 Å². The first-order valence-corrected chi connectivity index (χ1v) is 13.8. The fourth-order valence-electron chi connectivity index (χ4n) is 4.45. The van der Waals surface area contributed by atoms with Crippen LogP contribution in [0.1, 0.15) is 0 Å². The number of carbonyl (C=O) groups excluding carboxylic acids is 2. The van der Waals surface area contributed by atoms with Crippen molar-refractivity contribution < 1.29 is 29.1 Å². The quantitative estimate of drug-likeness (QED) is 0.181. The molecule has 3 aliphatic heterocycles. The normalized spacial score (nSPS) is 17.2. The molecule has 5 nitrogen and oxygen atoms in total. The van der Waals surface area contributed by atoms with Gasteiger partial charge in [-0.1, -0.05) is 91.0 Å². The first-order chi connectivity index (χ1) is 17.7. The van der Waals surface area contributed by atoms with E-state index in [-0.39, 0.29) is 43.5 Å². The van der Waals surface area contributed by atoms with Crippen molar-refractivity contribution in [2.24, 2.45) is 0 Å². The summed E-state index contributed by atoms with van der Waals surface area (Å²) in [5, 5.41) is 4.19. The van der Waals surface area contributed by atoms with Gasteiger partial charge in [0.2, 0.25) is 11.6 Å². The minimum Gasteiger partial charge on any atom is -0.365 e. The molecular weight excluding hydrogens is 602 g/mol. The van der Waals surface area contributed by atoms with Crippen molar-refractivity contribution in [3.05, 3.63) is 114 Å². The molecule has 0 bridgehead atoms. The van der Waals surface area contributed by atoms with E-state index in [0.29, 0.717) is 17.1 Å². The number of allylic oxidation sites excluding steroid dienone is 1. The van der Waals surface area contributed by atoms with Crippen LogP contribution >= 0.6 is 20.3 Å². The predicted octanol–water partition coefficient (Wildman–Crippen LogP) is 3.04. The molecule has 0 amide bonds. The van der Waals surface area contributed by atoms with Crippen LogP contribution in [-0.4, -0.2) is 65.5 Å². The summed E-state index contributed by atoms with van der Waals surface area (Å²) in [5.74, 6) is 0.0485. The van der Waals surface area contributed by atoms with E-state index in [1.807, 2.05) is 14.7 Å². The Morgan fingerprint density at radius 1 is 0.526 bits per heavy atom. The Hall–Kier alpha value is -2.78. The van der Waals surface area contributed by atoms with Crippen LogP contribution in [0, 0.1) is 0 Å². The molecule has 7 rings (SSSR count). The van der Waals surface area contributed by atoms with Crippen molar-refractivity contribution in [2.75, 3.05) is 39.3 Å². The molecule has 0 atom stereocenters. The van der Waals surface area contributed by atoms with Gasteiger partial charge in [0, 0.05) is 64.8 Å². The smallest absolute Gasteiger partial charge is 0.227 e. The molecule has 3 saturated heterocycles. The topological polar surface area (TPSA) is 43.2 Å². The fraction of sp³-hybridized carbons (Fsp3) is 0.200. The summed E-state index contributed by atoms with van der Waals surface area (Å²) < 4.78 is 0. The van der Waals surface area contributed by atoms with E-state index < -0.39 is 7.92 Å². The Labute approximate surface area is 244 Å². The Kier molecular flexibility index (Phi) is 9.20. The molecule has 0 unspecified atom stereocenters. The summed E-state index contributed by atoms with van der Waals surface area (Å²) in [4.78, 5) is 30.5. The number of rotatable bonds is 6. The Morgan fingerprint density at radius 2 is 0.895 bits per heavy atom. The van der Waals surface area contributed by atoms with E-state index in [0.717, 1.165) is 39.3 Å². The zero-order valence-electron chi connectivity index (χ0n) is 20.8. The Morgan fingerprint density at radius 3 is 1.26 bits per heavy atom. The van der Waals surface area contributed by atoms with Crippen LogP contribution in [-0.2, 0) is 29.1 Å². The molecular formula is C30H29ClN3O2PRu. The van der Waals surface area contributed by atoms with Crippen LogP contribution in [0.2, 0.25) is 0 Å². The van der Waals surface area contributed by atoms with Crippen LogP contribution in [0.25, 0.3) is 0 Å². The third-order valence-corrected chi connectivity index (χ3v) is 8.97. The SMILES string of the molecule is Cl.O=C1C=C(N2CC2)C(=O)C(N2CC2)=C1N1CC1.[Ru].c1ccc(P(c2ccccc2)c2ccccc2)cc1. The summed E-state index contributed by atoms with van der Waals surface area (Å²) in [6.07, 6.45) is 1.52. The molecule has 0 radical (unpaired) electrons. The van der Waals surface area contributed by atoms with Gasteiger partial charge in [-0.15, -0.1) is 12.4 Å². The average Bonchev–Trinajstić information content (AvgIpc) is 3.77. The molecule has 38 heavy (non-hydrogen) atoms. The number of Topliss-reactive ketones (excluding diaryl/α,β-unsaturated/α-hetero) is 1. The molecule has 0 aromatic heterocycles. The van der Waals surface area contributed by atoms with Gasteiger partial charge in [0.1, 0.15) is 11.4 Å². The van der Waals surface area contributed by atoms with Crippen LogP contribution in [0.15, 0.2) is 114 Å². The van der Waals surface area contributed by atoms with Crippen molar-refractivity contribution in [3.63, 3.8) is 0 Å². The number of nitrogens with zero attached hydrogens (tertiary/aromatic N) is 3. The van der Waals surface area contributed by atoms with Gasteiger partial charge in [0.15, 0.2) is 0 Å². The van der Waals surface area contributed by atoms with Crippen LogP contribution < -0.4 is 15.9 Å². The summed E-state index contributed by atoms with van der Waals surface area (Å²) in [6.45, 7) is 5.41.